The van der Waals surface area contributed by atoms with Crippen LogP contribution in [0.1, 0.15) is 6.92 Å². The molecule has 0 aromatic rings. The Morgan fingerprint density at radius 1 is 1.56 bits per heavy atom. The Morgan fingerprint density at radius 3 is 2.11 bits per heavy atom. The van der Waals surface area contributed by atoms with E-state index in [0.29, 0.717) is 0 Å². The highest BCUT2D eigenvalue weighted by Gasteiger charge is 2.34. The molecule has 0 nitrogen and oxygen atoms in total. The van der Waals surface area contributed by atoms with Gasteiger partial charge in [0.05, 0.1) is 9.52 Å². The summed E-state index contributed by atoms with van der Waals surface area (Å²) in [4.78, 5) is 0. The summed E-state index contributed by atoms with van der Waals surface area (Å²) in [6.07, 6.45) is -4.01. The van der Waals surface area contributed by atoms with Crippen LogP contribution in [0.3, 0.4) is 0 Å². The molecule has 9 heavy (non-hydrogen) atoms. The highest BCUT2D eigenvalue weighted by Crippen LogP contribution is 2.29. The SMILES string of the molecule is CC([SiH2]CCl)C(F)(F)F. The largest absolute Gasteiger partial charge is 0.388 e. The van der Waals surface area contributed by atoms with E-state index in [2.05, 4.69) is 0 Å². The maximum absolute atomic E-state index is 11.6. The van der Waals surface area contributed by atoms with Crippen molar-refractivity contribution in [3.63, 3.8) is 0 Å². The molecule has 0 aliphatic rings. The molecule has 0 fully saturated rings. The van der Waals surface area contributed by atoms with Gasteiger partial charge in [0.1, 0.15) is 0 Å². The second kappa shape index (κ2) is 3.46. The molecule has 0 aromatic heterocycles. The molecule has 0 aliphatic heterocycles. The normalized spacial score (nSPS) is 17.0. The summed E-state index contributed by atoms with van der Waals surface area (Å²) in [7, 11) is -1.12. The molecule has 5 heteroatoms. The van der Waals surface area contributed by atoms with Gasteiger partial charge in [0.15, 0.2) is 0 Å². The first kappa shape index (κ1) is 9.30. The van der Waals surface area contributed by atoms with Gasteiger partial charge in [-0.3, -0.25) is 0 Å². The van der Waals surface area contributed by atoms with Gasteiger partial charge in [-0.25, -0.2) is 0 Å². The molecule has 0 heterocycles. The lowest BCUT2D eigenvalue weighted by molar-refractivity contribution is -0.130. The molecule has 0 aliphatic carbocycles. The van der Waals surface area contributed by atoms with Crippen LogP contribution >= 0.6 is 11.6 Å². The fourth-order valence-corrected chi connectivity index (χ4v) is 1.96. The zero-order chi connectivity index (χ0) is 7.49. The molecule has 0 spiro atoms. The van der Waals surface area contributed by atoms with E-state index in [0.717, 1.165) is 0 Å². The van der Waals surface area contributed by atoms with Crippen molar-refractivity contribution in [3.8, 4) is 0 Å². The second-order valence-corrected chi connectivity index (χ2v) is 5.23. The predicted molar refractivity (Wildman–Crippen MR) is 34.7 cm³/mol. The molecule has 0 aromatic carbocycles. The lowest BCUT2D eigenvalue weighted by atomic mass is 10.5. The Bertz CT molecular complexity index is 82.4. The van der Waals surface area contributed by atoms with Crippen LogP contribution < -0.4 is 0 Å². The standard InChI is InChI=1S/C4H8ClF3Si/c1-3(9-2-5)4(6,7)8/h3H,2,9H2,1H3. The maximum atomic E-state index is 11.6. The Balaban J connectivity index is 3.59. The van der Waals surface area contributed by atoms with Crippen LogP contribution in [0.2, 0.25) is 5.54 Å². The van der Waals surface area contributed by atoms with Gasteiger partial charge in [-0.1, -0.05) is 6.92 Å². The van der Waals surface area contributed by atoms with Gasteiger partial charge in [-0.2, -0.15) is 13.2 Å². The Morgan fingerprint density at radius 2 is 2.00 bits per heavy atom. The fraction of sp³-hybridized carbons (Fsp3) is 1.00. The third kappa shape index (κ3) is 3.81. The third-order valence-corrected chi connectivity index (χ3v) is 3.30. The summed E-state index contributed by atoms with van der Waals surface area (Å²) in [6.45, 7) is 1.19. The van der Waals surface area contributed by atoms with E-state index < -0.39 is 21.2 Å². The van der Waals surface area contributed by atoms with Crippen molar-refractivity contribution >= 4 is 21.1 Å². The van der Waals surface area contributed by atoms with Crippen LogP contribution in [-0.2, 0) is 0 Å². The summed E-state index contributed by atoms with van der Waals surface area (Å²) in [5, 5.41) is 0. The van der Waals surface area contributed by atoms with Crippen molar-refractivity contribution in [2.45, 2.75) is 18.6 Å². The minimum Gasteiger partial charge on any atom is -0.171 e. The molecule has 0 bridgehead atoms. The molecule has 0 saturated heterocycles. The van der Waals surface area contributed by atoms with Gasteiger partial charge in [0, 0.05) is 11.0 Å². The zero-order valence-corrected chi connectivity index (χ0v) is 7.17. The second-order valence-electron chi connectivity index (χ2n) is 1.92. The van der Waals surface area contributed by atoms with Gasteiger partial charge in [0.25, 0.3) is 0 Å². The molecule has 1 unspecified atom stereocenters. The minimum atomic E-state index is -4.01. The van der Waals surface area contributed by atoms with Gasteiger partial charge in [-0.05, 0) is 0 Å². The van der Waals surface area contributed by atoms with Crippen molar-refractivity contribution in [1.82, 2.24) is 0 Å². The summed E-state index contributed by atoms with van der Waals surface area (Å²) in [6, 6.07) is 0. The molecule has 56 valence electrons. The average Bonchev–Trinajstić information content (AvgIpc) is 1.64. The number of alkyl halides is 4. The van der Waals surface area contributed by atoms with E-state index in [-0.39, 0.29) is 5.50 Å². The Hall–Kier alpha value is 0.297. The van der Waals surface area contributed by atoms with E-state index in [4.69, 9.17) is 11.6 Å². The van der Waals surface area contributed by atoms with E-state index in [9.17, 15) is 13.2 Å². The topological polar surface area (TPSA) is 0 Å². The molecule has 0 radical (unpaired) electrons. The first-order valence-corrected chi connectivity index (χ1v) is 4.96. The first-order chi connectivity index (χ1) is 3.98. The molecule has 0 N–H and O–H groups in total. The average molecular weight is 177 g/mol. The maximum Gasteiger partial charge on any atom is 0.388 e. The van der Waals surface area contributed by atoms with Crippen molar-refractivity contribution in [1.29, 1.82) is 0 Å². The Labute approximate surface area is 59.2 Å². The van der Waals surface area contributed by atoms with Crippen LogP contribution in [0.15, 0.2) is 0 Å². The third-order valence-electron chi connectivity index (χ3n) is 1.10. The number of hydrogen-bond donors (Lipinski definition) is 0. The lowest BCUT2D eigenvalue weighted by Crippen LogP contribution is -2.20. The predicted octanol–water partition coefficient (Wildman–Crippen LogP) is 1.72. The van der Waals surface area contributed by atoms with Crippen LogP contribution in [-0.4, -0.2) is 21.2 Å². The summed E-state index contributed by atoms with van der Waals surface area (Å²) < 4.78 is 34.8. The first-order valence-electron chi connectivity index (χ1n) is 2.61. The number of hydrogen-bond acceptors (Lipinski definition) is 0. The molecule has 0 amide bonds. The molecule has 0 saturated carbocycles. The van der Waals surface area contributed by atoms with E-state index in [1.807, 2.05) is 0 Å². The van der Waals surface area contributed by atoms with Crippen molar-refractivity contribution in [2.75, 3.05) is 5.50 Å². The van der Waals surface area contributed by atoms with Gasteiger partial charge in [-0.15, -0.1) is 11.6 Å². The monoisotopic (exact) mass is 176 g/mol. The number of halogens is 4. The highest BCUT2D eigenvalue weighted by atomic mass is 35.5. The molecule has 0 rings (SSSR count). The van der Waals surface area contributed by atoms with Gasteiger partial charge < -0.3 is 0 Å². The van der Waals surface area contributed by atoms with Crippen molar-refractivity contribution in [2.24, 2.45) is 0 Å². The van der Waals surface area contributed by atoms with E-state index >= 15 is 0 Å². The highest BCUT2D eigenvalue weighted by molar-refractivity contribution is 6.51. The molecule has 1 atom stereocenters. The van der Waals surface area contributed by atoms with Crippen molar-refractivity contribution < 1.29 is 13.2 Å². The number of rotatable bonds is 2. The van der Waals surface area contributed by atoms with Crippen LogP contribution in [0.4, 0.5) is 13.2 Å². The van der Waals surface area contributed by atoms with Crippen LogP contribution in [0, 0.1) is 0 Å². The summed E-state index contributed by atoms with van der Waals surface area (Å²) in [5.41, 5.74) is -0.921. The van der Waals surface area contributed by atoms with E-state index in [1.165, 1.54) is 6.92 Å². The molecular weight excluding hydrogens is 169 g/mol. The van der Waals surface area contributed by atoms with Crippen LogP contribution in [0.5, 0.6) is 0 Å². The lowest BCUT2D eigenvalue weighted by Gasteiger charge is -2.12. The smallest absolute Gasteiger partial charge is 0.171 e. The quantitative estimate of drug-likeness (QED) is 0.444. The minimum absolute atomic E-state index is 0.209. The zero-order valence-electron chi connectivity index (χ0n) is 5.00. The Kier molecular flexibility index (Phi) is 3.58. The molecular formula is C4H8ClF3Si. The summed E-state index contributed by atoms with van der Waals surface area (Å²) >= 11 is 5.16. The van der Waals surface area contributed by atoms with Gasteiger partial charge >= 0.3 is 6.18 Å². The van der Waals surface area contributed by atoms with E-state index in [1.54, 1.807) is 0 Å². The van der Waals surface area contributed by atoms with Crippen LogP contribution in [0.25, 0.3) is 0 Å². The van der Waals surface area contributed by atoms with Crippen molar-refractivity contribution in [3.05, 3.63) is 0 Å². The van der Waals surface area contributed by atoms with Gasteiger partial charge in [0.2, 0.25) is 0 Å². The summed E-state index contributed by atoms with van der Waals surface area (Å²) in [5.74, 6) is 0. The fourth-order valence-electron chi connectivity index (χ4n) is 0.327.